The van der Waals surface area contributed by atoms with Gasteiger partial charge in [-0.2, -0.15) is 0 Å². The van der Waals surface area contributed by atoms with Crippen LogP contribution in [0, 0.1) is 0 Å². The number of ether oxygens (including phenoxy) is 2. The average Bonchev–Trinajstić information content (AvgIpc) is 2.68. The third-order valence-corrected chi connectivity index (χ3v) is 2.48. The number of rotatable bonds is 4. The van der Waals surface area contributed by atoms with E-state index < -0.39 is 6.10 Å². The number of carbonyl (C=O) groups excluding carboxylic acids is 1. The zero-order valence-electron chi connectivity index (χ0n) is 9.55. The number of aliphatic hydroxyl groups excluding tert-OH is 1. The van der Waals surface area contributed by atoms with Crippen LogP contribution < -0.4 is 4.74 Å². The minimum atomic E-state index is -0.393. The van der Waals surface area contributed by atoms with Gasteiger partial charge in [0.1, 0.15) is 18.1 Å². The number of aliphatic hydroxyl groups is 1. The van der Waals surface area contributed by atoms with Crippen molar-refractivity contribution in [1.29, 1.82) is 0 Å². The van der Waals surface area contributed by atoms with Gasteiger partial charge in [-0.05, 0) is 31.2 Å². The Morgan fingerprint density at radius 2 is 2.06 bits per heavy atom. The highest BCUT2D eigenvalue weighted by Gasteiger charge is 2.22. The Hall–Kier alpha value is -1.81. The molecule has 1 aliphatic rings. The van der Waals surface area contributed by atoms with Crippen LogP contribution in [0.2, 0.25) is 0 Å². The highest BCUT2D eigenvalue weighted by Crippen LogP contribution is 2.25. The molecule has 0 aliphatic carbocycles. The van der Waals surface area contributed by atoms with Crippen molar-refractivity contribution in [2.24, 2.45) is 0 Å². The van der Waals surface area contributed by atoms with Crippen LogP contribution in [-0.4, -0.2) is 30.2 Å². The van der Waals surface area contributed by atoms with E-state index >= 15 is 0 Å². The van der Waals surface area contributed by atoms with Gasteiger partial charge < -0.3 is 14.6 Å². The molecule has 1 heterocycles. The summed E-state index contributed by atoms with van der Waals surface area (Å²) in [7, 11) is 0. The lowest BCUT2D eigenvalue weighted by atomic mass is 10.1. The van der Waals surface area contributed by atoms with Gasteiger partial charge >= 0.3 is 0 Å². The van der Waals surface area contributed by atoms with Crippen LogP contribution >= 0.6 is 0 Å². The maximum absolute atomic E-state index is 11.3. The van der Waals surface area contributed by atoms with Gasteiger partial charge in [-0.25, -0.2) is 0 Å². The van der Waals surface area contributed by atoms with Crippen LogP contribution in [0.5, 0.6) is 5.75 Å². The Kier molecular flexibility index (Phi) is 3.44. The van der Waals surface area contributed by atoms with Gasteiger partial charge in [0.25, 0.3) is 0 Å². The summed E-state index contributed by atoms with van der Waals surface area (Å²) in [5.74, 6) is 1.26. The summed E-state index contributed by atoms with van der Waals surface area (Å²) in [5.41, 5.74) is 0.846. The summed E-state index contributed by atoms with van der Waals surface area (Å²) in [6, 6.07) is 7.21. The normalized spacial score (nSPS) is 18.8. The molecule has 0 saturated heterocycles. The van der Waals surface area contributed by atoms with E-state index in [1.54, 1.807) is 19.1 Å². The lowest BCUT2D eigenvalue weighted by Gasteiger charge is -2.08. The van der Waals surface area contributed by atoms with Gasteiger partial charge in [-0.15, -0.1) is 0 Å². The van der Waals surface area contributed by atoms with E-state index in [1.807, 2.05) is 12.1 Å². The molecule has 0 aromatic heterocycles. The van der Waals surface area contributed by atoms with E-state index in [4.69, 9.17) is 14.6 Å². The van der Waals surface area contributed by atoms with Crippen LogP contribution in [0.3, 0.4) is 0 Å². The maximum Gasteiger partial charge on any atom is 0.199 e. The zero-order valence-corrected chi connectivity index (χ0v) is 9.55. The summed E-state index contributed by atoms with van der Waals surface area (Å²) in [6.07, 6.45) is 1.11. The first-order valence-electron chi connectivity index (χ1n) is 5.47. The van der Waals surface area contributed by atoms with Crippen LogP contribution in [0.4, 0.5) is 0 Å². The molecule has 1 aromatic rings. The van der Waals surface area contributed by atoms with Gasteiger partial charge in [-0.1, -0.05) is 0 Å². The highest BCUT2D eigenvalue weighted by molar-refractivity contribution is 6.02. The third kappa shape index (κ3) is 2.65. The summed E-state index contributed by atoms with van der Waals surface area (Å²) < 4.78 is 10.6. The Bertz CT molecular complexity index is 433. The molecule has 4 heteroatoms. The number of ketones is 1. The molecule has 0 amide bonds. The summed E-state index contributed by atoms with van der Waals surface area (Å²) in [4.78, 5) is 11.3. The van der Waals surface area contributed by atoms with Crippen molar-refractivity contribution in [1.82, 2.24) is 0 Å². The molecule has 0 radical (unpaired) electrons. The van der Waals surface area contributed by atoms with Crippen LogP contribution in [0.1, 0.15) is 12.5 Å². The SMILES string of the molecule is CC1OC(c2ccc(OCCO)cc2)=CC1=O. The summed E-state index contributed by atoms with van der Waals surface area (Å²) in [5, 5.41) is 8.62. The van der Waals surface area contributed by atoms with Crippen molar-refractivity contribution in [2.75, 3.05) is 13.2 Å². The van der Waals surface area contributed by atoms with Gasteiger partial charge in [0.2, 0.25) is 0 Å². The molecule has 0 fully saturated rings. The predicted octanol–water partition coefficient (Wildman–Crippen LogP) is 1.39. The Balaban J connectivity index is 2.08. The van der Waals surface area contributed by atoms with E-state index in [9.17, 15) is 4.79 Å². The van der Waals surface area contributed by atoms with Gasteiger partial charge in [0.15, 0.2) is 11.9 Å². The largest absolute Gasteiger partial charge is 0.491 e. The first-order valence-corrected chi connectivity index (χ1v) is 5.47. The molecule has 1 unspecified atom stereocenters. The molecule has 2 rings (SSSR count). The van der Waals surface area contributed by atoms with Crippen molar-refractivity contribution in [3.63, 3.8) is 0 Å². The quantitative estimate of drug-likeness (QED) is 0.855. The van der Waals surface area contributed by atoms with Crippen LogP contribution in [0.25, 0.3) is 5.76 Å². The average molecular weight is 234 g/mol. The number of hydrogen-bond acceptors (Lipinski definition) is 4. The summed E-state index contributed by atoms with van der Waals surface area (Å²) >= 11 is 0. The number of benzene rings is 1. The van der Waals surface area contributed by atoms with Crippen molar-refractivity contribution >= 4 is 11.5 Å². The fourth-order valence-corrected chi connectivity index (χ4v) is 1.56. The van der Waals surface area contributed by atoms with Gasteiger partial charge in [0, 0.05) is 11.6 Å². The van der Waals surface area contributed by atoms with Gasteiger partial charge in [-0.3, -0.25) is 4.79 Å². The topological polar surface area (TPSA) is 55.8 Å². The second-order valence-corrected chi connectivity index (χ2v) is 3.77. The van der Waals surface area contributed by atoms with E-state index in [0.717, 1.165) is 5.56 Å². The molecule has 1 aromatic carbocycles. The monoisotopic (exact) mass is 234 g/mol. The lowest BCUT2D eigenvalue weighted by molar-refractivity contribution is -0.119. The van der Waals surface area contributed by atoms with Crippen molar-refractivity contribution in [3.8, 4) is 5.75 Å². The van der Waals surface area contributed by atoms with Crippen molar-refractivity contribution in [2.45, 2.75) is 13.0 Å². The van der Waals surface area contributed by atoms with E-state index in [-0.39, 0.29) is 19.0 Å². The fraction of sp³-hybridized carbons (Fsp3) is 0.308. The minimum Gasteiger partial charge on any atom is -0.491 e. The van der Waals surface area contributed by atoms with Crippen molar-refractivity contribution < 1.29 is 19.4 Å². The summed E-state index contributed by atoms with van der Waals surface area (Å²) in [6.45, 7) is 1.99. The van der Waals surface area contributed by atoms with Crippen LogP contribution in [-0.2, 0) is 9.53 Å². The van der Waals surface area contributed by atoms with E-state index in [2.05, 4.69) is 0 Å². The zero-order chi connectivity index (χ0) is 12.3. The van der Waals surface area contributed by atoms with Crippen molar-refractivity contribution in [3.05, 3.63) is 35.9 Å². The molecule has 0 saturated carbocycles. The highest BCUT2D eigenvalue weighted by atomic mass is 16.5. The Labute approximate surface area is 99.5 Å². The predicted molar refractivity (Wildman–Crippen MR) is 62.6 cm³/mol. The number of carbonyl (C=O) groups is 1. The molecule has 1 N–H and O–H groups in total. The van der Waals surface area contributed by atoms with Gasteiger partial charge in [0.05, 0.1) is 6.61 Å². The standard InChI is InChI=1S/C13H14O4/c1-9-12(15)8-13(17-9)10-2-4-11(5-3-10)16-7-6-14/h2-5,8-9,14H,6-7H2,1H3. The van der Waals surface area contributed by atoms with E-state index in [1.165, 1.54) is 6.08 Å². The molecule has 0 bridgehead atoms. The molecule has 1 atom stereocenters. The van der Waals surface area contributed by atoms with E-state index in [0.29, 0.717) is 11.5 Å². The fourth-order valence-electron chi connectivity index (χ4n) is 1.56. The smallest absolute Gasteiger partial charge is 0.199 e. The molecule has 0 spiro atoms. The molecular formula is C13H14O4. The molecule has 90 valence electrons. The maximum atomic E-state index is 11.3. The number of hydrogen-bond donors (Lipinski definition) is 1. The van der Waals surface area contributed by atoms with Crippen LogP contribution in [0.15, 0.2) is 30.3 Å². The third-order valence-electron chi connectivity index (χ3n) is 2.48. The minimum absolute atomic E-state index is 0.0119. The molecule has 1 aliphatic heterocycles. The first-order chi connectivity index (χ1) is 8.20. The lowest BCUT2D eigenvalue weighted by Crippen LogP contribution is -2.09. The Morgan fingerprint density at radius 3 is 2.59 bits per heavy atom. The Morgan fingerprint density at radius 1 is 1.35 bits per heavy atom. The molecular weight excluding hydrogens is 220 g/mol. The molecule has 17 heavy (non-hydrogen) atoms. The molecule has 4 nitrogen and oxygen atoms in total. The first kappa shape index (κ1) is 11.7. The second-order valence-electron chi connectivity index (χ2n) is 3.77. The second kappa shape index (κ2) is 5.01.